The van der Waals surface area contributed by atoms with Crippen molar-refractivity contribution in [2.24, 2.45) is 5.92 Å². The van der Waals surface area contributed by atoms with E-state index in [0.717, 1.165) is 12.1 Å². The van der Waals surface area contributed by atoms with Crippen molar-refractivity contribution < 1.29 is 0 Å². The van der Waals surface area contributed by atoms with Gasteiger partial charge in [0, 0.05) is 18.1 Å². The average molecular weight is 175 g/mol. The largest absolute Gasteiger partial charge is 0.287 e. The summed E-state index contributed by atoms with van der Waals surface area (Å²) in [6.45, 7) is 4.41. The van der Waals surface area contributed by atoms with Gasteiger partial charge in [-0.2, -0.15) is 0 Å². The van der Waals surface area contributed by atoms with E-state index in [9.17, 15) is 0 Å². The maximum absolute atomic E-state index is 4.29. The Bertz CT molecular complexity index is 403. The fraction of sp³-hybridized carbons (Fsp3) is 0.400. The SMILES string of the molecule is CC(C)Cc1cnc2ccncn12. The lowest BCUT2D eigenvalue weighted by atomic mass is 10.1. The first-order valence-corrected chi connectivity index (χ1v) is 4.53. The Balaban J connectivity index is 2.46. The van der Waals surface area contributed by atoms with Crippen LogP contribution in [-0.4, -0.2) is 14.4 Å². The minimum Gasteiger partial charge on any atom is -0.287 e. The van der Waals surface area contributed by atoms with Crippen molar-refractivity contribution in [2.75, 3.05) is 0 Å². The summed E-state index contributed by atoms with van der Waals surface area (Å²) in [6, 6.07) is 1.92. The normalized spacial score (nSPS) is 11.3. The van der Waals surface area contributed by atoms with Crippen LogP contribution >= 0.6 is 0 Å². The first-order chi connectivity index (χ1) is 6.27. The Morgan fingerprint density at radius 3 is 3.08 bits per heavy atom. The van der Waals surface area contributed by atoms with Crippen LogP contribution in [-0.2, 0) is 6.42 Å². The highest BCUT2D eigenvalue weighted by atomic mass is 15.0. The monoisotopic (exact) mass is 175 g/mol. The standard InChI is InChI=1S/C10H13N3/c1-8(2)5-9-6-12-10-3-4-11-7-13(9)10/h3-4,6-8H,5H2,1-2H3. The van der Waals surface area contributed by atoms with Crippen LogP contribution in [0.4, 0.5) is 0 Å². The second kappa shape index (κ2) is 3.17. The topological polar surface area (TPSA) is 30.2 Å². The van der Waals surface area contributed by atoms with Gasteiger partial charge in [0.25, 0.3) is 0 Å². The number of hydrogen-bond donors (Lipinski definition) is 0. The molecule has 0 unspecified atom stereocenters. The van der Waals surface area contributed by atoms with Crippen LogP contribution in [0, 0.1) is 5.92 Å². The predicted molar refractivity (Wildman–Crippen MR) is 51.5 cm³/mol. The Morgan fingerprint density at radius 2 is 2.31 bits per heavy atom. The van der Waals surface area contributed by atoms with Crippen molar-refractivity contribution >= 4 is 5.65 Å². The molecule has 0 N–H and O–H groups in total. The van der Waals surface area contributed by atoms with Crippen LogP contribution in [0.2, 0.25) is 0 Å². The van der Waals surface area contributed by atoms with Crippen LogP contribution in [0.1, 0.15) is 19.5 Å². The van der Waals surface area contributed by atoms with Crippen molar-refractivity contribution in [3.63, 3.8) is 0 Å². The first kappa shape index (κ1) is 8.23. The van der Waals surface area contributed by atoms with Crippen LogP contribution in [0.15, 0.2) is 24.8 Å². The molecule has 13 heavy (non-hydrogen) atoms. The molecule has 2 rings (SSSR count). The molecule has 0 saturated carbocycles. The summed E-state index contributed by atoms with van der Waals surface area (Å²) in [5.74, 6) is 0.653. The minimum atomic E-state index is 0.653. The minimum absolute atomic E-state index is 0.653. The van der Waals surface area contributed by atoms with Crippen molar-refractivity contribution in [1.82, 2.24) is 14.4 Å². The molecule has 0 bridgehead atoms. The van der Waals surface area contributed by atoms with E-state index in [1.165, 1.54) is 5.69 Å². The highest BCUT2D eigenvalue weighted by Crippen LogP contribution is 2.09. The highest BCUT2D eigenvalue weighted by molar-refractivity contribution is 5.38. The molecule has 0 atom stereocenters. The Morgan fingerprint density at radius 1 is 1.46 bits per heavy atom. The smallest absolute Gasteiger partial charge is 0.139 e. The van der Waals surface area contributed by atoms with E-state index in [-0.39, 0.29) is 0 Å². The molecule has 2 aromatic rings. The van der Waals surface area contributed by atoms with Crippen LogP contribution in [0.3, 0.4) is 0 Å². The zero-order chi connectivity index (χ0) is 9.26. The van der Waals surface area contributed by atoms with Crippen LogP contribution < -0.4 is 0 Å². The lowest BCUT2D eigenvalue weighted by molar-refractivity contribution is 0.631. The third-order valence-electron chi connectivity index (χ3n) is 2.01. The number of aromatic nitrogens is 3. The summed E-state index contributed by atoms with van der Waals surface area (Å²) in [6.07, 6.45) is 6.56. The molecule has 2 heterocycles. The lowest BCUT2D eigenvalue weighted by Crippen LogP contribution is -1.98. The van der Waals surface area contributed by atoms with E-state index in [1.54, 1.807) is 6.20 Å². The van der Waals surface area contributed by atoms with Crippen LogP contribution in [0.25, 0.3) is 5.65 Å². The van der Waals surface area contributed by atoms with Gasteiger partial charge in [0.05, 0.1) is 0 Å². The number of nitrogens with zero attached hydrogens (tertiary/aromatic N) is 3. The van der Waals surface area contributed by atoms with Gasteiger partial charge in [-0.25, -0.2) is 9.97 Å². The van der Waals surface area contributed by atoms with Gasteiger partial charge in [0.2, 0.25) is 0 Å². The molecule has 0 saturated heterocycles. The summed E-state index contributed by atoms with van der Waals surface area (Å²) in [5.41, 5.74) is 2.21. The molecule has 0 aliphatic carbocycles. The van der Waals surface area contributed by atoms with E-state index >= 15 is 0 Å². The van der Waals surface area contributed by atoms with E-state index in [0.29, 0.717) is 5.92 Å². The fourth-order valence-corrected chi connectivity index (χ4v) is 1.45. The fourth-order valence-electron chi connectivity index (χ4n) is 1.45. The molecule has 0 aliphatic rings. The van der Waals surface area contributed by atoms with Gasteiger partial charge >= 0.3 is 0 Å². The lowest BCUT2D eigenvalue weighted by Gasteiger charge is -2.03. The second-order valence-electron chi connectivity index (χ2n) is 3.66. The van der Waals surface area contributed by atoms with Crippen molar-refractivity contribution in [3.05, 3.63) is 30.5 Å². The molecular formula is C10H13N3. The van der Waals surface area contributed by atoms with E-state index in [1.807, 2.05) is 23.0 Å². The van der Waals surface area contributed by atoms with E-state index < -0.39 is 0 Å². The summed E-state index contributed by atoms with van der Waals surface area (Å²) in [5, 5.41) is 0. The summed E-state index contributed by atoms with van der Waals surface area (Å²) < 4.78 is 2.04. The van der Waals surface area contributed by atoms with Gasteiger partial charge in [0.1, 0.15) is 12.0 Å². The van der Waals surface area contributed by atoms with Gasteiger partial charge < -0.3 is 0 Å². The quantitative estimate of drug-likeness (QED) is 0.698. The van der Waals surface area contributed by atoms with Gasteiger partial charge in [0.15, 0.2) is 0 Å². The van der Waals surface area contributed by atoms with E-state index in [4.69, 9.17) is 0 Å². The van der Waals surface area contributed by atoms with Crippen molar-refractivity contribution in [1.29, 1.82) is 0 Å². The Kier molecular flexibility index (Phi) is 2.00. The molecule has 0 aliphatic heterocycles. The number of hydrogen-bond acceptors (Lipinski definition) is 2. The summed E-state index contributed by atoms with van der Waals surface area (Å²) >= 11 is 0. The van der Waals surface area contributed by atoms with Crippen LogP contribution in [0.5, 0.6) is 0 Å². The predicted octanol–water partition coefficient (Wildman–Crippen LogP) is 1.93. The maximum atomic E-state index is 4.29. The second-order valence-corrected chi connectivity index (χ2v) is 3.66. The molecule has 0 spiro atoms. The third kappa shape index (κ3) is 1.54. The molecule has 68 valence electrons. The average Bonchev–Trinajstić information content (AvgIpc) is 2.48. The molecule has 0 aromatic carbocycles. The molecule has 0 fully saturated rings. The number of rotatable bonds is 2. The van der Waals surface area contributed by atoms with Crippen molar-refractivity contribution in [3.8, 4) is 0 Å². The molecular weight excluding hydrogens is 162 g/mol. The first-order valence-electron chi connectivity index (χ1n) is 4.53. The number of imidazole rings is 1. The zero-order valence-electron chi connectivity index (χ0n) is 7.94. The van der Waals surface area contributed by atoms with Gasteiger partial charge in [-0.05, 0) is 18.4 Å². The molecule has 2 aromatic heterocycles. The Hall–Kier alpha value is -1.38. The Labute approximate surface area is 77.4 Å². The molecule has 3 nitrogen and oxygen atoms in total. The van der Waals surface area contributed by atoms with E-state index in [2.05, 4.69) is 23.8 Å². The summed E-state index contributed by atoms with van der Waals surface area (Å²) in [7, 11) is 0. The van der Waals surface area contributed by atoms with Crippen molar-refractivity contribution in [2.45, 2.75) is 20.3 Å². The van der Waals surface area contributed by atoms with Gasteiger partial charge in [-0.3, -0.25) is 4.40 Å². The zero-order valence-corrected chi connectivity index (χ0v) is 7.94. The summed E-state index contributed by atoms with van der Waals surface area (Å²) in [4.78, 5) is 8.37. The number of fused-ring (bicyclic) bond motifs is 1. The highest BCUT2D eigenvalue weighted by Gasteiger charge is 2.03. The molecule has 3 heteroatoms. The molecule has 0 radical (unpaired) electrons. The van der Waals surface area contributed by atoms with Gasteiger partial charge in [-0.1, -0.05) is 13.8 Å². The molecule has 0 amide bonds. The van der Waals surface area contributed by atoms with Gasteiger partial charge in [-0.15, -0.1) is 0 Å². The maximum Gasteiger partial charge on any atom is 0.139 e. The third-order valence-corrected chi connectivity index (χ3v) is 2.01.